The Balaban J connectivity index is 1.76. The zero-order chi connectivity index (χ0) is 22.3. The number of aryl methyl sites for hydroxylation is 1. The van der Waals surface area contributed by atoms with Crippen molar-refractivity contribution in [3.8, 4) is 0 Å². The van der Waals surface area contributed by atoms with E-state index in [2.05, 4.69) is 10.3 Å². The summed E-state index contributed by atoms with van der Waals surface area (Å²) in [5.74, 6) is -0.379. The van der Waals surface area contributed by atoms with Crippen LogP contribution in [-0.4, -0.2) is 16.8 Å². The van der Waals surface area contributed by atoms with E-state index in [1.54, 1.807) is 36.5 Å². The monoisotopic (exact) mass is 425 g/mol. The lowest BCUT2D eigenvalue weighted by Gasteiger charge is -2.30. The molecule has 0 bridgehead atoms. The van der Waals surface area contributed by atoms with Crippen molar-refractivity contribution in [2.75, 3.05) is 4.90 Å². The van der Waals surface area contributed by atoms with Crippen LogP contribution in [0.5, 0.6) is 0 Å². The summed E-state index contributed by atoms with van der Waals surface area (Å²) in [5, 5.41) is 2.95. The lowest BCUT2D eigenvalue weighted by atomic mass is 10.1. The van der Waals surface area contributed by atoms with E-state index in [1.165, 1.54) is 11.2 Å². The highest BCUT2D eigenvalue weighted by Gasteiger charge is 2.36. The number of nitrogens with zero attached hydrogens (tertiary/aromatic N) is 2. The van der Waals surface area contributed by atoms with E-state index < -0.39 is 11.9 Å². The molecule has 2 aromatic heterocycles. The number of carbonyl (C=O) groups is 2. The number of rotatable bonds is 7. The quantitative estimate of drug-likeness (QED) is 0.466. The number of anilines is 1. The maximum absolute atomic E-state index is 13.7. The third kappa shape index (κ3) is 4.59. The molecule has 1 atom stereocenters. The summed E-state index contributed by atoms with van der Waals surface area (Å²) in [6.07, 6.45) is 3.05. The molecule has 0 saturated carbocycles. The number of hydrogen-bond acceptors (Lipinski definition) is 4. The van der Waals surface area contributed by atoms with Crippen molar-refractivity contribution in [2.24, 2.45) is 0 Å². The predicted molar refractivity (Wildman–Crippen MR) is 122 cm³/mol. The minimum atomic E-state index is -1.01. The third-order valence-electron chi connectivity index (χ3n) is 5.11. The Labute approximate surface area is 186 Å². The Hall–Kier alpha value is -4.19. The topological polar surface area (TPSA) is 75.4 Å². The fraction of sp³-hybridized carbons (Fsp3) is 0.115. The summed E-state index contributed by atoms with van der Waals surface area (Å²) >= 11 is 0. The number of aromatic nitrogens is 1. The van der Waals surface area contributed by atoms with Crippen molar-refractivity contribution < 1.29 is 14.0 Å². The van der Waals surface area contributed by atoms with E-state index >= 15 is 0 Å². The number of pyridine rings is 1. The molecule has 4 rings (SSSR count). The molecule has 0 aliphatic carbocycles. The minimum absolute atomic E-state index is 0.239. The van der Waals surface area contributed by atoms with E-state index in [1.807, 2.05) is 61.5 Å². The molecule has 2 heterocycles. The third-order valence-corrected chi connectivity index (χ3v) is 5.11. The predicted octanol–water partition coefficient (Wildman–Crippen LogP) is 4.69. The number of amides is 2. The molecule has 1 N–H and O–H groups in total. The second-order valence-corrected chi connectivity index (χ2v) is 7.30. The minimum Gasteiger partial charge on any atom is -0.467 e. The van der Waals surface area contributed by atoms with Gasteiger partial charge in [-0.15, -0.1) is 0 Å². The van der Waals surface area contributed by atoms with Crippen LogP contribution in [0.2, 0.25) is 0 Å². The standard InChI is InChI=1S/C26H23N3O3/c1-19-10-5-6-14-22(19)29(26(31)21-13-7-8-16-27-21)24(23-15-9-17-32-23)25(30)28-18-20-11-3-2-4-12-20/h2-17,24H,18H2,1H3,(H,28,30). The van der Waals surface area contributed by atoms with Crippen LogP contribution in [0.1, 0.15) is 33.4 Å². The summed E-state index contributed by atoms with van der Waals surface area (Å²) in [6.45, 7) is 2.23. The molecule has 0 saturated heterocycles. The van der Waals surface area contributed by atoms with Crippen molar-refractivity contribution in [1.82, 2.24) is 10.3 Å². The van der Waals surface area contributed by atoms with E-state index in [4.69, 9.17) is 4.42 Å². The number of benzene rings is 2. The van der Waals surface area contributed by atoms with Crippen LogP contribution < -0.4 is 10.2 Å². The molecule has 160 valence electrons. The maximum Gasteiger partial charge on any atom is 0.277 e. The van der Waals surface area contributed by atoms with Gasteiger partial charge in [0, 0.05) is 18.4 Å². The summed E-state index contributed by atoms with van der Waals surface area (Å²) in [7, 11) is 0. The summed E-state index contributed by atoms with van der Waals surface area (Å²) in [6, 6.07) is 24.6. The van der Waals surface area contributed by atoms with Gasteiger partial charge >= 0.3 is 0 Å². The fourth-order valence-corrected chi connectivity index (χ4v) is 3.51. The van der Waals surface area contributed by atoms with Gasteiger partial charge in [-0.25, -0.2) is 0 Å². The Morgan fingerprint density at radius 1 is 0.938 bits per heavy atom. The summed E-state index contributed by atoms with van der Waals surface area (Å²) in [5.41, 5.74) is 2.66. The van der Waals surface area contributed by atoms with Crippen LogP contribution >= 0.6 is 0 Å². The second-order valence-electron chi connectivity index (χ2n) is 7.30. The first-order valence-corrected chi connectivity index (χ1v) is 10.3. The number of nitrogens with one attached hydrogen (secondary N) is 1. The van der Waals surface area contributed by atoms with Crippen molar-refractivity contribution in [1.29, 1.82) is 0 Å². The molecule has 32 heavy (non-hydrogen) atoms. The molecular formula is C26H23N3O3. The number of hydrogen-bond donors (Lipinski definition) is 1. The fourth-order valence-electron chi connectivity index (χ4n) is 3.51. The zero-order valence-electron chi connectivity index (χ0n) is 17.6. The van der Waals surface area contributed by atoms with Gasteiger partial charge in [0.25, 0.3) is 11.8 Å². The molecule has 0 fully saturated rings. The Morgan fingerprint density at radius 2 is 1.69 bits per heavy atom. The van der Waals surface area contributed by atoms with Gasteiger partial charge in [0.1, 0.15) is 11.5 Å². The molecule has 1 unspecified atom stereocenters. The highest BCUT2D eigenvalue weighted by molar-refractivity contribution is 6.09. The van der Waals surface area contributed by atoms with Crippen LogP contribution in [0.25, 0.3) is 0 Å². The Morgan fingerprint density at radius 3 is 2.38 bits per heavy atom. The number of carbonyl (C=O) groups excluding carboxylic acids is 2. The Bertz CT molecular complexity index is 1180. The number of para-hydroxylation sites is 1. The second kappa shape index (κ2) is 9.75. The summed E-state index contributed by atoms with van der Waals surface area (Å²) < 4.78 is 5.62. The van der Waals surface area contributed by atoms with Gasteiger partial charge in [0.15, 0.2) is 6.04 Å². The molecule has 0 aliphatic rings. The molecule has 0 radical (unpaired) electrons. The van der Waals surface area contributed by atoms with Crippen molar-refractivity contribution in [2.45, 2.75) is 19.5 Å². The van der Waals surface area contributed by atoms with Crippen LogP contribution in [0.3, 0.4) is 0 Å². The van der Waals surface area contributed by atoms with Gasteiger partial charge in [-0.1, -0.05) is 54.6 Å². The Kier molecular flexibility index (Phi) is 6.41. The van der Waals surface area contributed by atoms with Gasteiger partial charge in [-0.2, -0.15) is 0 Å². The lowest BCUT2D eigenvalue weighted by molar-refractivity contribution is -0.123. The number of furan rings is 1. The lowest BCUT2D eigenvalue weighted by Crippen LogP contribution is -2.44. The van der Waals surface area contributed by atoms with Gasteiger partial charge in [-0.3, -0.25) is 19.5 Å². The maximum atomic E-state index is 13.7. The molecule has 6 nitrogen and oxygen atoms in total. The first kappa shape index (κ1) is 21.1. The van der Waals surface area contributed by atoms with Crippen molar-refractivity contribution in [3.63, 3.8) is 0 Å². The first-order chi connectivity index (χ1) is 15.6. The van der Waals surface area contributed by atoms with Gasteiger partial charge < -0.3 is 9.73 Å². The molecular weight excluding hydrogens is 402 g/mol. The average molecular weight is 425 g/mol. The molecule has 0 aliphatic heterocycles. The first-order valence-electron chi connectivity index (χ1n) is 10.3. The van der Waals surface area contributed by atoms with Crippen LogP contribution in [-0.2, 0) is 11.3 Å². The molecule has 0 spiro atoms. The van der Waals surface area contributed by atoms with E-state index in [-0.39, 0.29) is 11.6 Å². The van der Waals surface area contributed by atoms with Gasteiger partial charge in [-0.05, 0) is 48.4 Å². The smallest absolute Gasteiger partial charge is 0.277 e. The van der Waals surface area contributed by atoms with Crippen LogP contribution in [0.4, 0.5) is 5.69 Å². The SMILES string of the molecule is Cc1ccccc1N(C(=O)c1ccccn1)C(C(=O)NCc1ccccc1)c1ccco1. The van der Waals surface area contributed by atoms with Crippen molar-refractivity contribution >= 4 is 17.5 Å². The van der Waals surface area contributed by atoms with E-state index in [0.29, 0.717) is 18.0 Å². The molecule has 6 heteroatoms. The normalized spacial score (nSPS) is 11.5. The van der Waals surface area contributed by atoms with Crippen LogP contribution in [0, 0.1) is 6.92 Å². The highest BCUT2D eigenvalue weighted by Crippen LogP contribution is 2.32. The summed E-state index contributed by atoms with van der Waals surface area (Å²) in [4.78, 5) is 32.8. The average Bonchev–Trinajstić information content (AvgIpc) is 3.37. The van der Waals surface area contributed by atoms with E-state index in [0.717, 1.165) is 11.1 Å². The zero-order valence-corrected chi connectivity index (χ0v) is 17.6. The highest BCUT2D eigenvalue weighted by atomic mass is 16.3. The largest absolute Gasteiger partial charge is 0.467 e. The van der Waals surface area contributed by atoms with Crippen LogP contribution in [0.15, 0.2) is 102 Å². The van der Waals surface area contributed by atoms with Gasteiger partial charge in [0.2, 0.25) is 0 Å². The molecule has 2 amide bonds. The van der Waals surface area contributed by atoms with E-state index in [9.17, 15) is 9.59 Å². The van der Waals surface area contributed by atoms with Crippen molar-refractivity contribution in [3.05, 3.63) is 120 Å². The molecule has 4 aromatic rings. The van der Waals surface area contributed by atoms with Gasteiger partial charge in [0.05, 0.1) is 6.26 Å². The molecule has 2 aromatic carbocycles.